The fourth-order valence-corrected chi connectivity index (χ4v) is 2.36. The maximum Gasteiger partial charge on any atom is 0.272 e. The Morgan fingerprint density at radius 1 is 1.40 bits per heavy atom. The van der Waals surface area contributed by atoms with Crippen LogP contribution in [-0.2, 0) is 7.05 Å². The molecule has 0 fully saturated rings. The predicted molar refractivity (Wildman–Crippen MR) is 80.0 cm³/mol. The summed E-state index contributed by atoms with van der Waals surface area (Å²) in [6.07, 6.45) is 1.59. The highest BCUT2D eigenvalue weighted by molar-refractivity contribution is 6.10. The lowest BCUT2D eigenvalue weighted by atomic mass is 10.0. The molecule has 0 aliphatic heterocycles. The van der Waals surface area contributed by atoms with Gasteiger partial charge in [0, 0.05) is 35.8 Å². The SMILES string of the molecule is CC(=O)c1c(C)n(C)c2c(=O)[nH]cc(C#CC(C)C)c12. The van der Waals surface area contributed by atoms with Crippen LogP contribution < -0.4 is 5.56 Å². The summed E-state index contributed by atoms with van der Waals surface area (Å²) in [4.78, 5) is 26.7. The van der Waals surface area contributed by atoms with Gasteiger partial charge in [-0.25, -0.2) is 0 Å². The van der Waals surface area contributed by atoms with Gasteiger partial charge in [0.15, 0.2) is 5.78 Å². The molecule has 4 nitrogen and oxygen atoms in total. The van der Waals surface area contributed by atoms with Crippen LogP contribution in [0.2, 0.25) is 0 Å². The van der Waals surface area contributed by atoms with E-state index >= 15 is 0 Å². The number of rotatable bonds is 1. The minimum atomic E-state index is -0.201. The van der Waals surface area contributed by atoms with Crippen LogP contribution in [0.5, 0.6) is 0 Å². The van der Waals surface area contributed by atoms with E-state index in [2.05, 4.69) is 16.8 Å². The first kappa shape index (κ1) is 14.1. The maximum atomic E-state index is 12.0. The van der Waals surface area contributed by atoms with Crippen LogP contribution in [-0.4, -0.2) is 15.3 Å². The van der Waals surface area contributed by atoms with Crippen molar-refractivity contribution in [3.05, 3.63) is 33.4 Å². The van der Waals surface area contributed by atoms with Crippen LogP contribution in [0.3, 0.4) is 0 Å². The summed E-state index contributed by atoms with van der Waals surface area (Å²) < 4.78 is 1.76. The first-order chi connectivity index (χ1) is 9.34. The smallest absolute Gasteiger partial charge is 0.272 e. The molecule has 1 N–H and O–H groups in total. The number of aromatic nitrogens is 2. The number of aryl methyl sites for hydroxylation is 1. The van der Waals surface area contributed by atoms with Crippen LogP contribution in [0, 0.1) is 24.7 Å². The standard InChI is InChI=1S/C16H18N2O2/c1-9(2)6-7-12-8-17-16(20)15-14(12)13(11(4)19)10(3)18(15)5/h8-9H,1-5H3,(H,17,20). The van der Waals surface area contributed by atoms with Crippen molar-refractivity contribution < 1.29 is 4.79 Å². The second-order valence-electron chi connectivity index (χ2n) is 5.25. The third-order valence-corrected chi connectivity index (χ3v) is 3.37. The average Bonchev–Trinajstić information content (AvgIpc) is 2.62. The van der Waals surface area contributed by atoms with Crippen molar-refractivity contribution in [1.82, 2.24) is 9.55 Å². The lowest BCUT2D eigenvalue weighted by Crippen LogP contribution is -2.09. The number of H-pyrrole nitrogens is 1. The van der Waals surface area contributed by atoms with Gasteiger partial charge < -0.3 is 9.55 Å². The monoisotopic (exact) mass is 270 g/mol. The van der Waals surface area contributed by atoms with E-state index in [1.54, 1.807) is 17.8 Å². The van der Waals surface area contributed by atoms with E-state index in [-0.39, 0.29) is 17.3 Å². The van der Waals surface area contributed by atoms with Crippen molar-refractivity contribution in [2.45, 2.75) is 27.7 Å². The number of nitrogens with one attached hydrogen (secondary N) is 1. The van der Waals surface area contributed by atoms with E-state index in [0.29, 0.717) is 22.0 Å². The largest absolute Gasteiger partial charge is 0.343 e. The number of fused-ring (bicyclic) bond motifs is 1. The Morgan fingerprint density at radius 2 is 2.05 bits per heavy atom. The van der Waals surface area contributed by atoms with E-state index < -0.39 is 0 Å². The van der Waals surface area contributed by atoms with E-state index in [4.69, 9.17) is 0 Å². The third kappa shape index (κ3) is 2.16. The molecule has 0 radical (unpaired) electrons. The van der Waals surface area contributed by atoms with Gasteiger partial charge in [0.2, 0.25) is 0 Å². The van der Waals surface area contributed by atoms with Crippen molar-refractivity contribution in [3.8, 4) is 11.8 Å². The number of ketones is 1. The Kier molecular flexibility index (Phi) is 3.54. The first-order valence-electron chi connectivity index (χ1n) is 6.57. The second kappa shape index (κ2) is 5.01. The first-order valence-corrected chi connectivity index (χ1v) is 6.57. The van der Waals surface area contributed by atoms with E-state index in [1.165, 1.54) is 6.92 Å². The molecular weight excluding hydrogens is 252 g/mol. The Labute approximate surface area is 117 Å². The highest BCUT2D eigenvalue weighted by Gasteiger charge is 2.20. The summed E-state index contributed by atoms with van der Waals surface area (Å²) in [5, 5.41) is 0.661. The number of Topliss-reactive ketones (excluding diaryl/α,β-unsaturated/α-hetero) is 1. The number of pyridine rings is 1. The minimum absolute atomic E-state index is 0.0497. The topological polar surface area (TPSA) is 54.9 Å². The molecule has 0 spiro atoms. The maximum absolute atomic E-state index is 12.0. The molecule has 0 aliphatic rings. The summed E-state index contributed by atoms with van der Waals surface area (Å²) in [5.41, 5.74) is 2.37. The van der Waals surface area contributed by atoms with Gasteiger partial charge in [-0.15, -0.1) is 0 Å². The third-order valence-electron chi connectivity index (χ3n) is 3.37. The number of aromatic amines is 1. The zero-order valence-corrected chi connectivity index (χ0v) is 12.4. The molecule has 0 saturated heterocycles. The lowest BCUT2D eigenvalue weighted by Gasteiger charge is -1.99. The molecule has 0 unspecified atom stereocenters. The Balaban J connectivity index is 2.97. The summed E-state index contributed by atoms with van der Waals surface area (Å²) in [5.74, 6) is 6.31. The van der Waals surface area contributed by atoms with Crippen LogP contribution in [0.25, 0.3) is 10.9 Å². The van der Waals surface area contributed by atoms with Crippen LogP contribution in [0.4, 0.5) is 0 Å². The fraction of sp³-hybridized carbons (Fsp3) is 0.375. The van der Waals surface area contributed by atoms with Gasteiger partial charge in [-0.1, -0.05) is 25.7 Å². The Bertz CT molecular complexity index is 811. The number of carbonyl (C=O) groups excluding carboxylic acids is 1. The summed E-state index contributed by atoms with van der Waals surface area (Å²) in [6, 6.07) is 0. The molecule has 0 atom stereocenters. The van der Waals surface area contributed by atoms with E-state index in [9.17, 15) is 9.59 Å². The van der Waals surface area contributed by atoms with E-state index in [0.717, 1.165) is 5.69 Å². The Hall–Kier alpha value is -2.28. The highest BCUT2D eigenvalue weighted by atomic mass is 16.1. The lowest BCUT2D eigenvalue weighted by molar-refractivity contribution is 0.101. The van der Waals surface area contributed by atoms with Crippen molar-refractivity contribution in [2.75, 3.05) is 0 Å². The highest BCUT2D eigenvalue weighted by Crippen LogP contribution is 2.25. The quantitative estimate of drug-likeness (QED) is 0.639. The average molecular weight is 270 g/mol. The van der Waals surface area contributed by atoms with Crippen molar-refractivity contribution >= 4 is 16.7 Å². The Morgan fingerprint density at radius 3 is 2.60 bits per heavy atom. The zero-order chi connectivity index (χ0) is 15.0. The minimum Gasteiger partial charge on any atom is -0.343 e. The summed E-state index contributed by atoms with van der Waals surface area (Å²) in [6.45, 7) is 7.36. The molecule has 2 aromatic heterocycles. The van der Waals surface area contributed by atoms with E-state index in [1.807, 2.05) is 20.8 Å². The van der Waals surface area contributed by atoms with Crippen LogP contribution >= 0.6 is 0 Å². The number of nitrogens with zero attached hydrogens (tertiary/aromatic N) is 1. The summed E-state index contributed by atoms with van der Waals surface area (Å²) >= 11 is 0. The molecule has 20 heavy (non-hydrogen) atoms. The number of hydrogen-bond acceptors (Lipinski definition) is 2. The predicted octanol–water partition coefficient (Wildman–Crippen LogP) is 2.39. The molecule has 104 valence electrons. The van der Waals surface area contributed by atoms with Gasteiger partial charge in [0.05, 0.1) is 5.56 Å². The molecule has 2 aromatic rings. The summed E-state index contributed by atoms with van der Waals surface area (Å²) in [7, 11) is 1.79. The molecule has 0 amide bonds. The number of hydrogen-bond donors (Lipinski definition) is 1. The molecule has 0 aliphatic carbocycles. The molecule has 0 saturated carbocycles. The molecular formula is C16H18N2O2. The van der Waals surface area contributed by atoms with Gasteiger partial charge in [-0.05, 0) is 13.8 Å². The normalized spacial score (nSPS) is 10.7. The molecule has 4 heteroatoms. The molecule has 0 aromatic carbocycles. The number of carbonyl (C=O) groups is 1. The zero-order valence-electron chi connectivity index (χ0n) is 12.4. The molecule has 2 rings (SSSR count). The van der Waals surface area contributed by atoms with Gasteiger partial charge in [0.1, 0.15) is 5.52 Å². The van der Waals surface area contributed by atoms with Crippen molar-refractivity contribution in [2.24, 2.45) is 13.0 Å². The van der Waals surface area contributed by atoms with Gasteiger partial charge >= 0.3 is 0 Å². The van der Waals surface area contributed by atoms with Crippen LogP contribution in [0.15, 0.2) is 11.0 Å². The van der Waals surface area contributed by atoms with Crippen molar-refractivity contribution in [3.63, 3.8) is 0 Å². The van der Waals surface area contributed by atoms with Gasteiger partial charge in [-0.3, -0.25) is 9.59 Å². The van der Waals surface area contributed by atoms with Gasteiger partial charge in [-0.2, -0.15) is 0 Å². The fourth-order valence-electron chi connectivity index (χ4n) is 2.36. The molecule has 2 heterocycles. The second-order valence-corrected chi connectivity index (χ2v) is 5.25. The van der Waals surface area contributed by atoms with Crippen LogP contribution in [0.1, 0.15) is 42.4 Å². The van der Waals surface area contributed by atoms with Crippen molar-refractivity contribution in [1.29, 1.82) is 0 Å². The molecule has 0 bridgehead atoms. The van der Waals surface area contributed by atoms with Gasteiger partial charge in [0.25, 0.3) is 5.56 Å².